The van der Waals surface area contributed by atoms with Crippen LogP contribution in [0.2, 0.25) is 0 Å². The van der Waals surface area contributed by atoms with Gasteiger partial charge in [0.05, 0.1) is 0 Å². The fraction of sp³-hybridized carbons (Fsp3) is 0.125. The predicted molar refractivity (Wildman–Crippen MR) is 491 cm³/mol. The zero-order valence-corrected chi connectivity index (χ0v) is 67.4. The van der Waals surface area contributed by atoms with E-state index in [9.17, 15) is 0 Å². The lowest BCUT2D eigenvalue weighted by Gasteiger charge is -2.31. The topological polar surface area (TPSA) is 13.0 Å². The molecular formula is C112H90N4. The van der Waals surface area contributed by atoms with Crippen LogP contribution in [0, 0.1) is 13.8 Å². The third-order valence-corrected chi connectivity index (χ3v) is 26.3. The zero-order valence-electron chi connectivity index (χ0n) is 67.4. The minimum atomic E-state index is -0.241. The lowest BCUT2D eigenvalue weighted by molar-refractivity contribution is 0.659. The maximum absolute atomic E-state index is 2.56. The maximum atomic E-state index is 2.56. The number of anilines is 12. The highest BCUT2D eigenvalue weighted by atomic mass is 15.2. The fourth-order valence-electron chi connectivity index (χ4n) is 20.3. The summed E-state index contributed by atoms with van der Waals surface area (Å²) in [6.45, 7) is 23.5. The molecule has 0 aliphatic heterocycles. The Balaban J connectivity index is 0.845. The Morgan fingerprint density at radius 3 is 0.655 bits per heavy atom. The van der Waals surface area contributed by atoms with Crippen molar-refractivity contribution in [3.63, 3.8) is 0 Å². The molecule has 558 valence electrons. The van der Waals surface area contributed by atoms with Crippen LogP contribution < -0.4 is 19.6 Å². The van der Waals surface area contributed by atoms with E-state index in [2.05, 4.69) is 453 Å². The summed E-state index contributed by atoms with van der Waals surface area (Å²) < 4.78 is 0. The third kappa shape index (κ3) is 11.0. The van der Waals surface area contributed by atoms with E-state index in [1.807, 2.05) is 0 Å². The van der Waals surface area contributed by atoms with Crippen molar-refractivity contribution in [2.45, 2.75) is 90.9 Å². The van der Waals surface area contributed by atoms with Crippen LogP contribution in [0.5, 0.6) is 0 Å². The Morgan fingerprint density at radius 1 is 0.164 bits per heavy atom. The lowest BCUT2D eigenvalue weighted by atomic mass is 9.82. The number of benzene rings is 17. The number of aryl methyl sites for hydroxylation is 2. The van der Waals surface area contributed by atoms with Gasteiger partial charge in [-0.3, -0.25) is 0 Å². The van der Waals surface area contributed by atoms with E-state index in [-0.39, 0.29) is 21.7 Å². The van der Waals surface area contributed by atoms with E-state index >= 15 is 0 Å². The Morgan fingerprint density at radius 2 is 0.371 bits per heavy atom. The summed E-state index contributed by atoms with van der Waals surface area (Å²) in [6.07, 6.45) is 0. The minimum Gasteiger partial charge on any atom is -0.311 e. The second kappa shape index (κ2) is 26.5. The molecule has 0 saturated heterocycles. The second-order valence-electron chi connectivity index (χ2n) is 34.6. The highest BCUT2D eigenvalue weighted by Gasteiger charge is 2.41. The monoisotopic (exact) mass is 1490 g/mol. The van der Waals surface area contributed by atoms with Crippen molar-refractivity contribution >= 4 is 89.8 Å². The molecule has 17 aromatic carbocycles. The maximum Gasteiger partial charge on any atom is 0.0468 e. The van der Waals surface area contributed by atoms with Gasteiger partial charge in [-0.2, -0.15) is 0 Å². The molecular weight excluding hydrogens is 1400 g/mol. The van der Waals surface area contributed by atoms with Gasteiger partial charge in [0, 0.05) is 89.9 Å². The van der Waals surface area contributed by atoms with Gasteiger partial charge in [-0.15, -0.1) is 0 Å². The first-order chi connectivity index (χ1) is 56.4. The second-order valence-corrected chi connectivity index (χ2v) is 34.6. The largest absolute Gasteiger partial charge is 0.311 e. The fourth-order valence-corrected chi connectivity index (χ4v) is 20.3. The van der Waals surface area contributed by atoms with Crippen molar-refractivity contribution in [3.05, 3.63) is 420 Å². The molecule has 0 saturated carbocycles. The molecule has 0 unspecified atom stereocenters. The van der Waals surface area contributed by atoms with Crippen molar-refractivity contribution in [2.75, 3.05) is 19.6 Å². The molecule has 4 aliphatic carbocycles. The summed E-state index contributed by atoms with van der Waals surface area (Å²) in [5.41, 5.74) is 40.2. The molecule has 116 heavy (non-hydrogen) atoms. The Bertz CT molecular complexity index is 6200. The smallest absolute Gasteiger partial charge is 0.0468 e. The van der Waals surface area contributed by atoms with Crippen LogP contribution in [0.15, 0.2) is 364 Å². The number of fused-ring (bicyclic) bond motifs is 14. The van der Waals surface area contributed by atoms with Gasteiger partial charge in [-0.25, -0.2) is 0 Å². The summed E-state index contributed by atoms with van der Waals surface area (Å²) in [7, 11) is 0. The van der Waals surface area contributed by atoms with Crippen LogP contribution in [-0.2, 0) is 21.7 Å². The van der Waals surface area contributed by atoms with Crippen molar-refractivity contribution in [1.29, 1.82) is 0 Å². The van der Waals surface area contributed by atoms with E-state index in [1.165, 1.54) is 100 Å². The van der Waals surface area contributed by atoms with E-state index in [1.54, 1.807) is 0 Å². The molecule has 0 spiro atoms. The van der Waals surface area contributed by atoms with Gasteiger partial charge in [0.15, 0.2) is 0 Å². The average Bonchev–Trinajstić information content (AvgIpc) is 1.48. The lowest BCUT2D eigenvalue weighted by Crippen LogP contribution is -2.18. The molecule has 4 heteroatoms. The molecule has 0 atom stereocenters. The first kappa shape index (κ1) is 70.3. The Labute approximate surface area is 682 Å². The van der Waals surface area contributed by atoms with Gasteiger partial charge in [-0.05, 0) is 292 Å². The molecule has 21 rings (SSSR count). The van der Waals surface area contributed by atoms with E-state index in [0.29, 0.717) is 0 Å². The third-order valence-electron chi connectivity index (χ3n) is 26.3. The van der Waals surface area contributed by atoms with Crippen molar-refractivity contribution in [2.24, 2.45) is 0 Å². The van der Waals surface area contributed by atoms with Gasteiger partial charge in [-0.1, -0.05) is 285 Å². The van der Waals surface area contributed by atoms with Gasteiger partial charge >= 0.3 is 0 Å². The molecule has 0 aromatic heterocycles. The van der Waals surface area contributed by atoms with Gasteiger partial charge < -0.3 is 19.6 Å². The van der Waals surface area contributed by atoms with Crippen LogP contribution in [0.4, 0.5) is 68.2 Å². The summed E-state index contributed by atoms with van der Waals surface area (Å²) in [4.78, 5) is 9.87. The number of rotatable bonds is 14. The van der Waals surface area contributed by atoms with E-state index in [4.69, 9.17) is 0 Å². The van der Waals surface area contributed by atoms with Crippen molar-refractivity contribution in [3.8, 4) is 66.8 Å². The molecule has 17 aromatic rings. The molecule has 0 N–H and O–H groups in total. The average molecular weight is 1490 g/mol. The molecule has 0 heterocycles. The number of nitrogens with zero attached hydrogens (tertiary/aromatic N) is 4. The molecule has 0 radical (unpaired) electrons. The van der Waals surface area contributed by atoms with Crippen LogP contribution >= 0.6 is 0 Å². The summed E-state index contributed by atoms with van der Waals surface area (Å²) in [6, 6.07) is 138. The standard InChI is InChI=1S/C112H90N4/c1-71-37-45-77(46-38-71)113(75-25-13-11-14-26-75)79-49-41-73(42-50-79)107-95-63-57-82(116(85-55-61-93-89-31-19-23-35-101(89)111(7,8)105(93)69-85)86-56-62-94-90-32-20-24-36-102(90)112(9,10)106(94)70-86)66-98(95)108(74-43-51-80(52-44-74)114(76-27-15-12-16-28-76)78-47-39-72(2)40-48-78)96-64-58-81(65-97(96)107)115(83-53-59-91-87-29-17-21-33-99(87)109(3,4)103(91)67-83)84-54-60-92-88-30-18-22-34-100(88)110(5,6)104(92)68-84/h11-70H,1-10H3. The van der Waals surface area contributed by atoms with Crippen LogP contribution in [-0.4, -0.2) is 0 Å². The van der Waals surface area contributed by atoms with Gasteiger partial charge in [0.25, 0.3) is 0 Å². The Kier molecular flexibility index (Phi) is 16.1. The molecule has 4 nitrogen and oxygen atoms in total. The van der Waals surface area contributed by atoms with Gasteiger partial charge in [0.1, 0.15) is 0 Å². The summed E-state index contributed by atoms with van der Waals surface area (Å²) in [5, 5.41) is 4.57. The highest BCUT2D eigenvalue weighted by Crippen LogP contribution is 2.58. The summed E-state index contributed by atoms with van der Waals surface area (Å²) in [5.74, 6) is 0. The predicted octanol–water partition coefficient (Wildman–Crippen LogP) is 31.0. The number of hydrogen-bond acceptors (Lipinski definition) is 4. The van der Waals surface area contributed by atoms with Crippen LogP contribution in [0.25, 0.3) is 88.3 Å². The number of hydrogen-bond donors (Lipinski definition) is 0. The van der Waals surface area contributed by atoms with Crippen molar-refractivity contribution < 1.29 is 0 Å². The zero-order chi connectivity index (χ0) is 78.7. The van der Waals surface area contributed by atoms with E-state index in [0.717, 1.165) is 112 Å². The Hall–Kier alpha value is -13.5. The summed E-state index contributed by atoms with van der Waals surface area (Å²) >= 11 is 0. The molecule has 4 aliphatic rings. The molecule has 0 amide bonds. The van der Waals surface area contributed by atoms with Crippen LogP contribution in [0.1, 0.15) is 111 Å². The molecule has 0 fully saturated rings. The minimum absolute atomic E-state index is 0.241. The van der Waals surface area contributed by atoms with Crippen LogP contribution in [0.3, 0.4) is 0 Å². The van der Waals surface area contributed by atoms with Gasteiger partial charge in [0.2, 0.25) is 0 Å². The normalized spacial score (nSPS) is 14.2. The SMILES string of the molecule is Cc1ccc(N(c2ccccc2)c2ccc(-c3c4ccc(N(c5ccc6c(c5)C(C)(C)c5ccccc5-6)c5ccc6c(c5)C(C)(C)c5ccccc5-6)cc4c(-c4ccc(N(c5ccccc5)c5ccc(C)cc5)cc4)c4ccc(N(c5ccc6c(c5)C(C)(C)c5ccccc5-6)c5ccc6c(c5)C(C)(C)c5ccccc5-6)cc34)cc2)cc1. The highest BCUT2D eigenvalue weighted by molar-refractivity contribution is 6.23. The van der Waals surface area contributed by atoms with Crippen molar-refractivity contribution in [1.82, 2.24) is 0 Å². The number of para-hydroxylation sites is 2. The molecule has 0 bridgehead atoms. The van der Waals surface area contributed by atoms with E-state index < -0.39 is 0 Å². The first-order valence-corrected chi connectivity index (χ1v) is 41.0. The quantitative estimate of drug-likeness (QED) is 0.101. The first-order valence-electron chi connectivity index (χ1n) is 41.0.